The van der Waals surface area contributed by atoms with Crippen molar-refractivity contribution in [3.63, 3.8) is 0 Å². The van der Waals surface area contributed by atoms with E-state index in [1.54, 1.807) is 32.4 Å². The maximum atomic E-state index is 5.37. The lowest BCUT2D eigenvalue weighted by molar-refractivity contribution is 0.325. The van der Waals surface area contributed by atoms with Gasteiger partial charge in [-0.25, -0.2) is 0 Å². The van der Waals surface area contributed by atoms with Gasteiger partial charge in [0.2, 0.25) is 0 Å². The minimum Gasteiger partial charge on any atom is -0.496 e. The average Bonchev–Trinajstić information content (AvgIpc) is 2.81. The van der Waals surface area contributed by atoms with E-state index in [0.717, 1.165) is 0 Å². The molecule has 1 aromatic heterocycles. The zero-order valence-corrected chi connectivity index (χ0v) is 8.97. The molecule has 0 atom stereocenters. The fourth-order valence-electron chi connectivity index (χ4n) is 1.20. The Morgan fingerprint density at radius 1 is 1.00 bits per heavy atom. The van der Waals surface area contributed by atoms with Crippen LogP contribution in [0.15, 0.2) is 35.1 Å². The second-order valence-electron chi connectivity index (χ2n) is 2.95. The number of nitrogens with zero attached hydrogens (tertiary/aromatic N) is 1. The van der Waals surface area contributed by atoms with E-state index in [4.69, 9.17) is 18.6 Å². The number of aromatic nitrogens is 1. The van der Waals surface area contributed by atoms with E-state index in [2.05, 4.69) is 4.98 Å². The molecule has 2 rings (SSSR count). The molecule has 0 amide bonds. The van der Waals surface area contributed by atoms with E-state index < -0.39 is 0 Å². The van der Waals surface area contributed by atoms with Crippen molar-refractivity contribution in [3.8, 4) is 23.3 Å². The second-order valence-corrected chi connectivity index (χ2v) is 2.95. The topological polar surface area (TPSA) is 53.7 Å². The number of rotatable bonds is 4. The Bertz CT molecular complexity index is 431. The highest BCUT2D eigenvalue weighted by molar-refractivity contribution is 5.42. The molecule has 0 N–H and O–H groups in total. The predicted octanol–water partition coefficient (Wildman–Crippen LogP) is 2.48. The molecule has 5 nitrogen and oxygen atoms in total. The number of ether oxygens (including phenoxy) is 3. The van der Waals surface area contributed by atoms with Gasteiger partial charge in [-0.1, -0.05) is 0 Å². The van der Waals surface area contributed by atoms with Gasteiger partial charge in [0.25, 0.3) is 0 Å². The SMILES string of the molecule is COc1cc(OC)cc(Oc2ncco2)c1. The quantitative estimate of drug-likeness (QED) is 0.793. The molecule has 84 valence electrons. The van der Waals surface area contributed by atoms with Crippen LogP contribution in [0.5, 0.6) is 23.3 Å². The Morgan fingerprint density at radius 2 is 1.62 bits per heavy atom. The molecular weight excluding hydrogens is 210 g/mol. The summed E-state index contributed by atoms with van der Waals surface area (Å²) in [6.07, 6.45) is 3.12. The maximum absolute atomic E-state index is 5.37. The lowest BCUT2D eigenvalue weighted by Crippen LogP contribution is -1.90. The highest BCUT2D eigenvalue weighted by Crippen LogP contribution is 2.29. The Hall–Kier alpha value is -2.17. The van der Waals surface area contributed by atoms with Gasteiger partial charge < -0.3 is 18.6 Å². The van der Waals surface area contributed by atoms with Gasteiger partial charge in [-0.15, -0.1) is 0 Å². The average molecular weight is 221 g/mol. The predicted molar refractivity (Wildman–Crippen MR) is 56.1 cm³/mol. The summed E-state index contributed by atoms with van der Waals surface area (Å²) in [6.45, 7) is 0. The van der Waals surface area contributed by atoms with Gasteiger partial charge in [-0.2, -0.15) is 4.98 Å². The Balaban J connectivity index is 2.26. The first-order valence-electron chi connectivity index (χ1n) is 4.62. The first-order chi connectivity index (χ1) is 7.81. The number of oxazole rings is 1. The van der Waals surface area contributed by atoms with E-state index in [-0.39, 0.29) is 6.08 Å². The number of benzene rings is 1. The van der Waals surface area contributed by atoms with Gasteiger partial charge >= 0.3 is 6.08 Å². The Labute approximate surface area is 92.6 Å². The fourth-order valence-corrected chi connectivity index (χ4v) is 1.20. The molecule has 5 heteroatoms. The van der Waals surface area contributed by atoms with Crippen LogP contribution in [0, 0.1) is 0 Å². The van der Waals surface area contributed by atoms with Gasteiger partial charge in [0, 0.05) is 18.2 Å². The number of hydrogen-bond donors (Lipinski definition) is 0. The molecule has 0 aliphatic rings. The van der Waals surface area contributed by atoms with Crippen LogP contribution >= 0.6 is 0 Å². The van der Waals surface area contributed by atoms with Crippen molar-refractivity contribution in [2.24, 2.45) is 0 Å². The molecule has 0 fully saturated rings. The molecule has 0 unspecified atom stereocenters. The summed E-state index contributed by atoms with van der Waals surface area (Å²) in [5.41, 5.74) is 0. The summed E-state index contributed by atoms with van der Waals surface area (Å²) in [5.74, 6) is 1.82. The van der Waals surface area contributed by atoms with Crippen molar-refractivity contribution >= 4 is 0 Å². The Morgan fingerprint density at radius 3 is 2.12 bits per heavy atom. The normalized spacial score (nSPS) is 9.88. The molecule has 1 heterocycles. The highest BCUT2D eigenvalue weighted by Gasteiger charge is 2.06. The van der Waals surface area contributed by atoms with Gasteiger partial charge in [0.05, 0.1) is 20.4 Å². The third kappa shape index (κ3) is 2.25. The molecule has 0 aliphatic carbocycles. The number of methoxy groups -OCH3 is 2. The Kier molecular flexibility index (Phi) is 2.95. The lowest BCUT2D eigenvalue weighted by atomic mass is 10.3. The van der Waals surface area contributed by atoms with E-state index >= 15 is 0 Å². The van der Waals surface area contributed by atoms with Crippen LogP contribution in [0.2, 0.25) is 0 Å². The number of hydrogen-bond acceptors (Lipinski definition) is 5. The van der Waals surface area contributed by atoms with Crippen LogP contribution in [-0.2, 0) is 0 Å². The van der Waals surface area contributed by atoms with Crippen molar-refractivity contribution in [2.45, 2.75) is 0 Å². The van der Waals surface area contributed by atoms with Crippen LogP contribution in [0.3, 0.4) is 0 Å². The van der Waals surface area contributed by atoms with Crippen molar-refractivity contribution in [3.05, 3.63) is 30.7 Å². The molecule has 16 heavy (non-hydrogen) atoms. The van der Waals surface area contributed by atoms with Crippen LogP contribution in [0.4, 0.5) is 0 Å². The van der Waals surface area contributed by atoms with Gasteiger partial charge in [-0.3, -0.25) is 0 Å². The van der Waals surface area contributed by atoms with Crippen LogP contribution < -0.4 is 14.2 Å². The first kappa shape index (κ1) is 10.4. The molecule has 0 bridgehead atoms. The largest absolute Gasteiger partial charge is 0.496 e. The summed E-state index contributed by atoms with van der Waals surface area (Å²) in [5, 5.41) is 0. The zero-order chi connectivity index (χ0) is 11.4. The maximum Gasteiger partial charge on any atom is 0.399 e. The molecule has 0 saturated carbocycles. The van der Waals surface area contributed by atoms with Crippen LogP contribution in [-0.4, -0.2) is 19.2 Å². The minimum absolute atomic E-state index is 0.176. The molecule has 0 radical (unpaired) electrons. The standard InChI is InChI=1S/C11H11NO4/c1-13-8-5-9(14-2)7-10(6-8)16-11-12-3-4-15-11/h3-7H,1-2H3. The van der Waals surface area contributed by atoms with Crippen molar-refractivity contribution < 1.29 is 18.6 Å². The summed E-state index contributed by atoms with van der Waals surface area (Å²) in [6, 6.07) is 5.18. The van der Waals surface area contributed by atoms with E-state index in [1.165, 1.54) is 12.5 Å². The van der Waals surface area contributed by atoms with E-state index in [9.17, 15) is 0 Å². The zero-order valence-electron chi connectivity index (χ0n) is 8.97. The smallest absolute Gasteiger partial charge is 0.399 e. The monoisotopic (exact) mass is 221 g/mol. The molecule has 0 saturated heterocycles. The van der Waals surface area contributed by atoms with Gasteiger partial charge in [-0.05, 0) is 0 Å². The van der Waals surface area contributed by atoms with Crippen molar-refractivity contribution in [2.75, 3.05) is 14.2 Å². The molecular formula is C11H11NO4. The third-order valence-electron chi connectivity index (χ3n) is 1.94. The van der Waals surface area contributed by atoms with E-state index in [0.29, 0.717) is 17.2 Å². The summed E-state index contributed by atoms with van der Waals surface area (Å²) < 4.78 is 20.5. The second kappa shape index (κ2) is 4.57. The highest BCUT2D eigenvalue weighted by atomic mass is 16.6. The van der Waals surface area contributed by atoms with Gasteiger partial charge in [0.1, 0.15) is 23.5 Å². The van der Waals surface area contributed by atoms with Crippen molar-refractivity contribution in [1.29, 1.82) is 0 Å². The van der Waals surface area contributed by atoms with Gasteiger partial charge in [0.15, 0.2) is 0 Å². The minimum atomic E-state index is 0.176. The summed E-state index contributed by atoms with van der Waals surface area (Å²) in [4.78, 5) is 3.85. The third-order valence-corrected chi connectivity index (χ3v) is 1.94. The molecule has 1 aromatic carbocycles. The molecule has 0 spiro atoms. The molecule has 0 aliphatic heterocycles. The van der Waals surface area contributed by atoms with Crippen molar-refractivity contribution in [1.82, 2.24) is 4.98 Å². The first-order valence-corrected chi connectivity index (χ1v) is 4.62. The van der Waals surface area contributed by atoms with Crippen LogP contribution in [0.25, 0.3) is 0 Å². The van der Waals surface area contributed by atoms with Crippen LogP contribution in [0.1, 0.15) is 0 Å². The lowest BCUT2D eigenvalue weighted by Gasteiger charge is -2.07. The fraction of sp³-hybridized carbons (Fsp3) is 0.182. The molecule has 2 aromatic rings. The summed E-state index contributed by atoms with van der Waals surface area (Å²) >= 11 is 0. The summed E-state index contributed by atoms with van der Waals surface area (Å²) in [7, 11) is 3.15. The van der Waals surface area contributed by atoms with E-state index in [1.807, 2.05) is 0 Å².